The summed E-state index contributed by atoms with van der Waals surface area (Å²) in [6, 6.07) is 7.85. The molecule has 0 unspecified atom stereocenters. The van der Waals surface area contributed by atoms with Crippen molar-refractivity contribution in [3.63, 3.8) is 0 Å². The van der Waals surface area contributed by atoms with Crippen LogP contribution in [0.1, 0.15) is 31.4 Å². The van der Waals surface area contributed by atoms with E-state index >= 15 is 0 Å². The number of halogens is 4. The van der Waals surface area contributed by atoms with Crippen molar-refractivity contribution in [1.29, 1.82) is 0 Å². The molecule has 0 aliphatic carbocycles. The second-order valence-corrected chi connectivity index (χ2v) is 10.6. The van der Waals surface area contributed by atoms with Gasteiger partial charge in [0.25, 0.3) is 0 Å². The smallest absolute Gasteiger partial charge is 0.416 e. The summed E-state index contributed by atoms with van der Waals surface area (Å²) < 4.78 is 70.7. The van der Waals surface area contributed by atoms with Crippen LogP contribution in [0.2, 0.25) is 5.02 Å². The molecule has 8 nitrogen and oxygen atoms in total. The third-order valence-corrected chi connectivity index (χ3v) is 6.90. The van der Waals surface area contributed by atoms with Crippen molar-refractivity contribution in [1.82, 2.24) is 10.2 Å². The molecule has 0 aliphatic rings. The van der Waals surface area contributed by atoms with Crippen LogP contribution in [-0.4, -0.2) is 57.6 Å². The molecule has 0 aliphatic heterocycles. The molecular weight excluding hydrogens is 535 g/mol. The summed E-state index contributed by atoms with van der Waals surface area (Å²) >= 11 is 6.06. The molecule has 0 saturated carbocycles. The topological polar surface area (TPSA) is 96.0 Å². The highest BCUT2D eigenvalue weighted by molar-refractivity contribution is 7.92. The average molecular weight is 564 g/mol. The maximum atomic E-state index is 13.5. The Hall–Kier alpha value is -2.99. The Morgan fingerprint density at radius 1 is 1.14 bits per heavy atom. The van der Waals surface area contributed by atoms with Crippen LogP contribution in [-0.2, 0) is 32.3 Å². The number of ether oxygens (including phenoxy) is 1. The third kappa shape index (κ3) is 8.26. The maximum Gasteiger partial charge on any atom is 0.416 e. The van der Waals surface area contributed by atoms with E-state index < -0.39 is 51.9 Å². The lowest BCUT2D eigenvalue weighted by Gasteiger charge is -2.32. The van der Waals surface area contributed by atoms with Gasteiger partial charge in [-0.25, -0.2) is 8.42 Å². The first-order valence-electron chi connectivity index (χ1n) is 11.2. The number of carbonyl (C=O) groups excluding carboxylic acids is 2. The molecule has 2 aromatic carbocycles. The summed E-state index contributed by atoms with van der Waals surface area (Å²) in [7, 11) is -2.77. The van der Waals surface area contributed by atoms with Crippen LogP contribution < -0.4 is 14.4 Å². The van der Waals surface area contributed by atoms with Gasteiger partial charge in [0.2, 0.25) is 21.8 Å². The van der Waals surface area contributed by atoms with Gasteiger partial charge in [-0.05, 0) is 49.2 Å². The van der Waals surface area contributed by atoms with Crippen molar-refractivity contribution >= 4 is 39.1 Å². The number of carbonyl (C=O) groups is 2. The fraction of sp³-hybridized carbons (Fsp3) is 0.417. The molecule has 37 heavy (non-hydrogen) atoms. The number of nitrogens with one attached hydrogen (secondary N) is 1. The molecule has 2 rings (SSSR count). The number of rotatable bonds is 11. The number of alkyl halides is 3. The number of anilines is 1. The van der Waals surface area contributed by atoms with E-state index in [-0.39, 0.29) is 11.6 Å². The number of hydrogen-bond donors (Lipinski definition) is 1. The van der Waals surface area contributed by atoms with Crippen LogP contribution in [0.25, 0.3) is 0 Å². The number of benzene rings is 2. The summed E-state index contributed by atoms with van der Waals surface area (Å²) in [5.41, 5.74) is -1.01. The van der Waals surface area contributed by atoms with Crippen molar-refractivity contribution < 1.29 is 35.9 Å². The number of amides is 2. The van der Waals surface area contributed by atoms with E-state index in [1.165, 1.54) is 14.0 Å². The second kappa shape index (κ2) is 12.5. The van der Waals surface area contributed by atoms with Gasteiger partial charge in [0, 0.05) is 13.1 Å². The standard InChI is InChI=1S/C24H29ClF3N3O5S/c1-5-12-29-23(33)16(2)30(14-17-6-9-19(36-3)10-7-17)22(32)15-31(37(4,34)35)21-13-18(24(26,27)28)8-11-20(21)25/h6-11,13,16H,5,12,14-15H2,1-4H3,(H,29,33)/t16-/m0/s1. The quantitative estimate of drug-likeness (QED) is 0.444. The Labute approximate surface area is 219 Å². The number of sulfonamides is 1. The molecule has 2 aromatic rings. The second-order valence-electron chi connectivity index (χ2n) is 8.27. The minimum absolute atomic E-state index is 0.0720. The minimum atomic E-state index is -4.77. The fourth-order valence-corrected chi connectivity index (χ4v) is 4.50. The molecule has 0 fully saturated rings. The SMILES string of the molecule is CCCNC(=O)[C@H](C)N(Cc1ccc(OC)cc1)C(=O)CN(c1cc(C(F)(F)F)ccc1Cl)S(C)(=O)=O. The summed E-state index contributed by atoms with van der Waals surface area (Å²) in [5, 5.41) is 2.40. The zero-order valence-corrected chi connectivity index (χ0v) is 22.4. The summed E-state index contributed by atoms with van der Waals surface area (Å²) in [4.78, 5) is 27.3. The molecule has 1 N–H and O–H groups in total. The lowest BCUT2D eigenvalue weighted by Crippen LogP contribution is -2.51. The molecule has 0 bridgehead atoms. The van der Waals surface area contributed by atoms with Gasteiger partial charge >= 0.3 is 6.18 Å². The fourth-order valence-electron chi connectivity index (χ4n) is 3.38. The van der Waals surface area contributed by atoms with Crippen LogP contribution in [0, 0.1) is 0 Å². The average Bonchev–Trinajstić information content (AvgIpc) is 2.83. The molecule has 0 saturated heterocycles. The predicted octanol–water partition coefficient (Wildman–Crippen LogP) is 4.08. The Balaban J connectivity index is 2.47. The number of methoxy groups -OCH3 is 1. The predicted molar refractivity (Wildman–Crippen MR) is 135 cm³/mol. The lowest BCUT2D eigenvalue weighted by atomic mass is 10.1. The van der Waals surface area contributed by atoms with E-state index in [4.69, 9.17) is 16.3 Å². The van der Waals surface area contributed by atoms with E-state index in [1.54, 1.807) is 24.3 Å². The van der Waals surface area contributed by atoms with Gasteiger partial charge < -0.3 is 15.0 Å². The van der Waals surface area contributed by atoms with Crippen LogP contribution in [0.4, 0.5) is 18.9 Å². The van der Waals surface area contributed by atoms with Crippen molar-refractivity contribution in [2.75, 3.05) is 30.8 Å². The molecule has 1 atom stereocenters. The highest BCUT2D eigenvalue weighted by atomic mass is 35.5. The van der Waals surface area contributed by atoms with Gasteiger partial charge in [0.1, 0.15) is 18.3 Å². The zero-order valence-electron chi connectivity index (χ0n) is 20.8. The Kier molecular flexibility index (Phi) is 10.2. The number of nitrogens with zero attached hydrogens (tertiary/aromatic N) is 2. The van der Waals surface area contributed by atoms with Crippen LogP contribution in [0.3, 0.4) is 0 Å². The Bertz CT molecular complexity index is 1210. The van der Waals surface area contributed by atoms with Crippen molar-refractivity contribution in [3.8, 4) is 5.75 Å². The minimum Gasteiger partial charge on any atom is -0.497 e. The van der Waals surface area contributed by atoms with Crippen LogP contribution in [0.15, 0.2) is 42.5 Å². The van der Waals surface area contributed by atoms with E-state index in [1.807, 2.05) is 6.92 Å². The van der Waals surface area contributed by atoms with E-state index in [0.717, 1.165) is 17.2 Å². The molecule has 0 radical (unpaired) electrons. The molecule has 2 amide bonds. The highest BCUT2D eigenvalue weighted by Crippen LogP contribution is 2.36. The van der Waals surface area contributed by atoms with Gasteiger partial charge in [-0.15, -0.1) is 0 Å². The summed E-state index contributed by atoms with van der Waals surface area (Å²) in [6.07, 6.45) is -3.36. The monoisotopic (exact) mass is 563 g/mol. The summed E-state index contributed by atoms with van der Waals surface area (Å²) in [6.45, 7) is 2.75. The molecular formula is C24H29ClF3N3O5S. The van der Waals surface area contributed by atoms with Crippen molar-refractivity contribution in [3.05, 3.63) is 58.6 Å². The van der Waals surface area contributed by atoms with E-state index in [2.05, 4.69) is 5.32 Å². The first kappa shape index (κ1) is 30.2. The van der Waals surface area contributed by atoms with Crippen LogP contribution in [0.5, 0.6) is 5.75 Å². The van der Waals surface area contributed by atoms with E-state index in [0.29, 0.717) is 40.7 Å². The molecule has 13 heteroatoms. The van der Waals surface area contributed by atoms with E-state index in [9.17, 15) is 31.2 Å². The first-order chi connectivity index (χ1) is 17.2. The first-order valence-corrected chi connectivity index (χ1v) is 13.5. The van der Waals surface area contributed by atoms with Crippen molar-refractivity contribution in [2.45, 2.75) is 39.0 Å². The lowest BCUT2D eigenvalue weighted by molar-refractivity contribution is -0.139. The Morgan fingerprint density at radius 2 is 1.76 bits per heavy atom. The van der Waals surface area contributed by atoms with Crippen molar-refractivity contribution in [2.24, 2.45) is 0 Å². The largest absolute Gasteiger partial charge is 0.497 e. The normalized spacial score (nSPS) is 12.5. The molecule has 204 valence electrons. The van der Waals surface area contributed by atoms with Gasteiger partial charge in [0.15, 0.2) is 0 Å². The molecule has 0 heterocycles. The van der Waals surface area contributed by atoms with Gasteiger partial charge in [-0.2, -0.15) is 13.2 Å². The maximum absolute atomic E-state index is 13.5. The third-order valence-electron chi connectivity index (χ3n) is 5.45. The number of hydrogen-bond acceptors (Lipinski definition) is 5. The molecule has 0 spiro atoms. The van der Waals surface area contributed by atoms with Gasteiger partial charge in [-0.3, -0.25) is 13.9 Å². The zero-order chi connectivity index (χ0) is 28.0. The molecule has 0 aromatic heterocycles. The Morgan fingerprint density at radius 3 is 2.27 bits per heavy atom. The van der Waals surface area contributed by atoms with Gasteiger partial charge in [0.05, 0.1) is 29.6 Å². The van der Waals surface area contributed by atoms with Crippen LogP contribution >= 0.6 is 11.6 Å². The van der Waals surface area contributed by atoms with Gasteiger partial charge in [-0.1, -0.05) is 30.7 Å². The highest BCUT2D eigenvalue weighted by Gasteiger charge is 2.34. The summed E-state index contributed by atoms with van der Waals surface area (Å²) in [5.74, 6) is -0.710.